The van der Waals surface area contributed by atoms with Gasteiger partial charge in [0.2, 0.25) is 0 Å². The predicted octanol–water partition coefficient (Wildman–Crippen LogP) is 4.73. The Morgan fingerprint density at radius 1 is 0.973 bits per heavy atom. The third-order valence-electron chi connectivity index (χ3n) is 6.20. The predicted molar refractivity (Wildman–Crippen MR) is 145 cm³/mol. The Balaban J connectivity index is 1.70. The van der Waals surface area contributed by atoms with Crippen LogP contribution in [0.4, 0.5) is 17.1 Å². The largest absolute Gasteiger partial charge is 0.463 e. The summed E-state index contributed by atoms with van der Waals surface area (Å²) in [5.74, 6) is 6.55. The maximum absolute atomic E-state index is 14.2. The van der Waals surface area contributed by atoms with Gasteiger partial charge in [-0.2, -0.15) is 0 Å². The highest BCUT2D eigenvalue weighted by Gasteiger charge is 2.24. The van der Waals surface area contributed by atoms with Crippen LogP contribution in [0.25, 0.3) is 38.7 Å². The number of benzene rings is 3. The minimum absolute atomic E-state index is 0.00987. The van der Waals surface area contributed by atoms with E-state index in [-0.39, 0.29) is 11.4 Å². The van der Waals surface area contributed by atoms with Crippen LogP contribution < -0.4 is 27.8 Å². The van der Waals surface area contributed by atoms with Crippen molar-refractivity contribution in [1.82, 2.24) is 14.5 Å². The van der Waals surface area contributed by atoms with Crippen molar-refractivity contribution in [2.24, 2.45) is 5.84 Å². The zero-order chi connectivity index (χ0) is 25.7. The fraction of sp³-hybridized carbons (Fsp3) is 0. The maximum atomic E-state index is 14.2. The molecular weight excluding hydrogens is 492 g/mol. The van der Waals surface area contributed by atoms with E-state index >= 15 is 0 Å². The van der Waals surface area contributed by atoms with Crippen LogP contribution in [-0.4, -0.2) is 14.5 Å². The van der Waals surface area contributed by atoms with Crippen LogP contribution >= 0.6 is 11.6 Å². The molecule has 5 N–H and O–H groups in total. The van der Waals surface area contributed by atoms with Crippen LogP contribution in [0.3, 0.4) is 0 Å². The quantitative estimate of drug-likeness (QED) is 0.177. The molecule has 0 spiro atoms. The molecule has 37 heavy (non-hydrogen) atoms. The molecule has 0 bridgehead atoms. The summed E-state index contributed by atoms with van der Waals surface area (Å²) >= 11 is 6.46. The molecule has 0 amide bonds. The van der Waals surface area contributed by atoms with Crippen molar-refractivity contribution in [3.05, 3.63) is 111 Å². The maximum Gasteiger partial charge on any atom is 0.333 e. The number of anilines is 3. The van der Waals surface area contributed by atoms with Crippen LogP contribution in [0, 0.1) is 0 Å². The summed E-state index contributed by atoms with van der Waals surface area (Å²) in [4.78, 5) is 34.7. The summed E-state index contributed by atoms with van der Waals surface area (Å²) in [6.45, 7) is 0. The fourth-order valence-corrected chi connectivity index (χ4v) is 4.74. The first-order valence-corrected chi connectivity index (χ1v) is 11.6. The lowest BCUT2D eigenvalue weighted by Gasteiger charge is -2.23. The van der Waals surface area contributed by atoms with Gasteiger partial charge in [0, 0.05) is 27.9 Å². The molecule has 0 saturated carbocycles. The van der Waals surface area contributed by atoms with Gasteiger partial charge in [-0.25, -0.2) is 15.2 Å². The summed E-state index contributed by atoms with van der Waals surface area (Å²) in [7, 11) is 0. The molecule has 0 aliphatic heterocycles. The minimum atomic E-state index is -0.667. The first kappa shape index (κ1) is 22.6. The lowest BCUT2D eigenvalue weighted by Crippen LogP contribution is -2.41. The molecule has 6 rings (SSSR count). The summed E-state index contributed by atoms with van der Waals surface area (Å²) in [5, 5.41) is 3.63. The van der Waals surface area contributed by atoms with Gasteiger partial charge in [-0.05, 0) is 30.3 Å². The number of furan rings is 1. The van der Waals surface area contributed by atoms with E-state index in [0.29, 0.717) is 44.0 Å². The molecule has 3 heterocycles. The van der Waals surface area contributed by atoms with E-state index in [2.05, 4.69) is 9.97 Å². The van der Waals surface area contributed by atoms with E-state index in [4.69, 9.17) is 27.6 Å². The van der Waals surface area contributed by atoms with Gasteiger partial charge in [0.15, 0.2) is 5.58 Å². The second-order valence-corrected chi connectivity index (χ2v) is 8.81. The summed E-state index contributed by atoms with van der Waals surface area (Å²) < 4.78 is 6.46. The number of para-hydroxylation sites is 2. The zero-order valence-corrected chi connectivity index (χ0v) is 19.9. The highest BCUT2D eigenvalue weighted by atomic mass is 35.5. The topological polar surface area (TPSA) is 136 Å². The summed E-state index contributed by atoms with van der Waals surface area (Å²) in [6.07, 6.45) is 4.64. The molecule has 10 heteroatoms. The van der Waals surface area contributed by atoms with E-state index < -0.39 is 11.2 Å². The first-order chi connectivity index (χ1) is 17.9. The highest BCUT2D eigenvalue weighted by molar-refractivity contribution is 6.35. The van der Waals surface area contributed by atoms with Crippen molar-refractivity contribution in [2.45, 2.75) is 0 Å². The number of rotatable bonds is 4. The monoisotopic (exact) mass is 510 g/mol. The Kier molecular flexibility index (Phi) is 5.29. The van der Waals surface area contributed by atoms with Crippen molar-refractivity contribution in [2.75, 3.05) is 10.7 Å². The molecule has 3 aromatic heterocycles. The van der Waals surface area contributed by atoms with E-state index in [0.717, 1.165) is 9.95 Å². The first-order valence-electron chi connectivity index (χ1n) is 11.2. The number of nitrogens with zero attached hydrogens (tertiary/aromatic N) is 3. The van der Waals surface area contributed by atoms with E-state index in [1.54, 1.807) is 48.7 Å². The number of nitrogens with one attached hydrogen (secondary N) is 1. The van der Waals surface area contributed by atoms with E-state index in [1.165, 1.54) is 17.5 Å². The number of fused-ring (bicyclic) bond motifs is 2. The Morgan fingerprint density at radius 2 is 1.76 bits per heavy atom. The second-order valence-electron chi connectivity index (χ2n) is 8.40. The van der Waals surface area contributed by atoms with Crippen molar-refractivity contribution < 1.29 is 4.42 Å². The molecule has 9 nitrogen and oxygen atoms in total. The van der Waals surface area contributed by atoms with Crippen molar-refractivity contribution >= 4 is 50.4 Å². The zero-order valence-electron chi connectivity index (χ0n) is 19.2. The van der Waals surface area contributed by atoms with Crippen LogP contribution in [0.1, 0.15) is 0 Å². The highest BCUT2D eigenvalue weighted by Crippen LogP contribution is 2.35. The number of aromatic nitrogens is 3. The van der Waals surface area contributed by atoms with E-state index in [9.17, 15) is 9.59 Å². The molecular formula is C27H19ClN6O3. The Bertz CT molecular complexity index is 1940. The number of nitrogens with two attached hydrogens (primary N) is 2. The van der Waals surface area contributed by atoms with Gasteiger partial charge in [0.25, 0.3) is 5.56 Å². The lowest BCUT2D eigenvalue weighted by molar-refractivity contribution is 0.616. The third-order valence-corrected chi connectivity index (χ3v) is 6.48. The molecule has 0 atom stereocenters. The number of halogens is 1. The number of aromatic amines is 1. The van der Waals surface area contributed by atoms with Gasteiger partial charge in [-0.3, -0.25) is 14.8 Å². The molecule has 182 valence electrons. The number of pyridine rings is 1. The number of hydrogen-bond donors (Lipinski definition) is 3. The van der Waals surface area contributed by atoms with Crippen molar-refractivity contribution in [3.63, 3.8) is 0 Å². The normalized spacial score (nSPS) is 11.3. The Morgan fingerprint density at radius 3 is 2.59 bits per heavy atom. The minimum Gasteiger partial charge on any atom is -0.463 e. The fourth-order valence-electron chi connectivity index (χ4n) is 4.47. The number of nitrogen functional groups attached to an aromatic ring is 1. The SMILES string of the molecule is Nc1ccccc1N(N)c1c(-c2cc(Cl)c3occc3c2)[nH]c(=O)n(-c2cncc3ccccc23)c1=O. The Labute approximate surface area is 214 Å². The van der Waals surface area contributed by atoms with Gasteiger partial charge in [-0.1, -0.05) is 48.0 Å². The van der Waals surface area contributed by atoms with Crippen molar-refractivity contribution in [3.8, 4) is 16.9 Å². The standard InChI is InChI=1S/C27H19ClN6O3/c28-19-12-17(11-15-9-10-37-25(15)19)23-24(34(30)21-8-4-3-7-20(21)29)26(35)33(27(36)32-23)22-14-31-13-16-5-1-2-6-18(16)22/h1-14H,29-30H2,(H,32,36). The number of hydrogen-bond acceptors (Lipinski definition) is 7. The average Bonchev–Trinajstić information content (AvgIpc) is 3.38. The molecule has 0 saturated heterocycles. The third kappa shape index (κ3) is 3.65. The smallest absolute Gasteiger partial charge is 0.333 e. The van der Waals surface area contributed by atoms with Gasteiger partial charge < -0.3 is 15.1 Å². The van der Waals surface area contributed by atoms with Gasteiger partial charge >= 0.3 is 5.69 Å². The molecule has 0 unspecified atom stereocenters. The molecule has 0 fully saturated rings. The molecule has 3 aromatic carbocycles. The molecule has 6 aromatic rings. The second kappa shape index (κ2) is 8.66. The van der Waals surface area contributed by atoms with Gasteiger partial charge in [-0.15, -0.1) is 0 Å². The van der Waals surface area contributed by atoms with Gasteiger partial charge in [0.05, 0.1) is 40.2 Å². The van der Waals surface area contributed by atoms with Gasteiger partial charge in [0.1, 0.15) is 5.69 Å². The molecule has 0 radical (unpaired) electrons. The lowest BCUT2D eigenvalue weighted by atomic mass is 10.1. The average molecular weight is 511 g/mol. The number of H-pyrrole nitrogens is 1. The van der Waals surface area contributed by atoms with Crippen LogP contribution in [0.15, 0.2) is 99.4 Å². The van der Waals surface area contributed by atoms with E-state index in [1.807, 2.05) is 24.3 Å². The molecule has 0 aliphatic rings. The van der Waals surface area contributed by atoms with Crippen LogP contribution in [0.2, 0.25) is 5.02 Å². The van der Waals surface area contributed by atoms with Crippen molar-refractivity contribution in [1.29, 1.82) is 0 Å². The van der Waals surface area contributed by atoms with Crippen LogP contribution in [0.5, 0.6) is 0 Å². The molecule has 0 aliphatic carbocycles. The number of hydrazine groups is 1. The van der Waals surface area contributed by atoms with Crippen LogP contribution in [-0.2, 0) is 0 Å². The summed E-state index contributed by atoms with van der Waals surface area (Å²) in [6, 6.07) is 19.3. The Hall–Kier alpha value is -4.86. The summed E-state index contributed by atoms with van der Waals surface area (Å²) in [5.41, 5.74) is 7.03.